The van der Waals surface area contributed by atoms with Crippen LogP contribution in [0.4, 0.5) is 0 Å². The molecule has 0 saturated carbocycles. The maximum absolute atomic E-state index is 10.3. The van der Waals surface area contributed by atoms with Crippen molar-refractivity contribution in [2.75, 3.05) is 0 Å². The van der Waals surface area contributed by atoms with Crippen molar-refractivity contribution in [3.05, 3.63) is 15.7 Å². The molecule has 1 heterocycles. The maximum atomic E-state index is 10.3. The molecule has 1 aromatic heterocycles. The Balaban J connectivity index is 2.58. The van der Waals surface area contributed by atoms with E-state index in [0.29, 0.717) is 0 Å². The van der Waals surface area contributed by atoms with Gasteiger partial charge in [-0.3, -0.25) is 4.79 Å². The number of imidazole rings is 1. The fraction of sp³-hybridized carbons (Fsp3) is 0.333. The topological polar surface area (TPSA) is 92.0 Å². The zero-order valence-electron chi connectivity index (χ0n) is 6.12. The minimum Gasteiger partial charge on any atom is -0.480 e. The van der Waals surface area contributed by atoms with Gasteiger partial charge in [0.1, 0.15) is 6.04 Å². The number of carbonyl (C=O) groups is 1. The minimum atomic E-state index is -1.00. The van der Waals surface area contributed by atoms with Gasteiger partial charge in [0.15, 0.2) is 3.83 Å². The average Bonchev–Trinajstić information content (AvgIpc) is 2.35. The Morgan fingerprint density at radius 2 is 2.58 bits per heavy atom. The second-order valence-corrected chi connectivity index (χ2v) is 3.37. The summed E-state index contributed by atoms with van der Waals surface area (Å²) in [5.74, 6) is -1.00. The second-order valence-electron chi connectivity index (χ2n) is 2.35. The van der Waals surface area contributed by atoms with Crippen LogP contribution >= 0.6 is 22.6 Å². The Bertz CT molecular complexity index is 286. The third-order valence-electron chi connectivity index (χ3n) is 1.35. The smallest absolute Gasteiger partial charge is 0.320 e. The monoisotopic (exact) mass is 281 g/mol. The Labute approximate surface area is 82.5 Å². The van der Waals surface area contributed by atoms with Crippen molar-refractivity contribution in [3.63, 3.8) is 0 Å². The Morgan fingerprint density at radius 1 is 1.92 bits per heavy atom. The third-order valence-corrected chi connectivity index (χ3v) is 1.90. The van der Waals surface area contributed by atoms with Gasteiger partial charge in [-0.1, -0.05) is 0 Å². The molecule has 0 fully saturated rings. The molecule has 0 unspecified atom stereocenters. The summed E-state index contributed by atoms with van der Waals surface area (Å²) < 4.78 is 0.736. The van der Waals surface area contributed by atoms with Crippen molar-refractivity contribution >= 4 is 28.6 Å². The van der Waals surface area contributed by atoms with Gasteiger partial charge in [0.2, 0.25) is 0 Å². The Hall–Kier alpha value is -0.630. The highest BCUT2D eigenvalue weighted by molar-refractivity contribution is 14.1. The number of nitrogens with two attached hydrogens (primary N) is 1. The van der Waals surface area contributed by atoms with E-state index in [4.69, 9.17) is 10.8 Å². The summed E-state index contributed by atoms with van der Waals surface area (Å²) >= 11 is 2.01. The fourth-order valence-corrected chi connectivity index (χ4v) is 1.25. The predicted octanol–water partition coefficient (Wildman–Crippen LogP) is -0.0313. The molecular formula is C6H8IN3O2. The normalized spacial score (nSPS) is 12.8. The van der Waals surface area contributed by atoms with E-state index >= 15 is 0 Å². The highest BCUT2D eigenvalue weighted by Gasteiger charge is 2.12. The van der Waals surface area contributed by atoms with Crippen LogP contribution < -0.4 is 5.73 Å². The minimum absolute atomic E-state index is 0.283. The molecule has 1 aromatic rings. The molecule has 0 bridgehead atoms. The van der Waals surface area contributed by atoms with E-state index in [1.165, 1.54) is 0 Å². The van der Waals surface area contributed by atoms with Crippen molar-refractivity contribution in [1.82, 2.24) is 9.97 Å². The first-order chi connectivity index (χ1) is 5.59. The number of aromatic amines is 1. The molecule has 0 aliphatic carbocycles. The number of rotatable bonds is 3. The summed E-state index contributed by atoms with van der Waals surface area (Å²) in [6.45, 7) is 0. The van der Waals surface area contributed by atoms with Crippen LogP contribution in [0.2, 0.25) is 0 Å². The second kappa shape index (κ2) is 3.85. The number of nitrogens with one attached hydrogen (secondary N) is 1. The lowest BCUT2D eigenvalue weighted by Gasteiger charge is -2.02. The lowest BCUT2D eigenvalue weighted by molar-refractivity contribution is -0.138. The van der Waals surface area contributed by atoms with Crippen LogP contribution in [0, 0.1) is 3.83 Å². The van der Waals surface area contributed by atoms with Crippen molar-refractivity contribution < 1.29 is 9.90 Å². The zero-order chi connectivity index (χ0) is 9.14. The maximum Gasteiger partial charge on any atom is 0.320 e. The fourth-order valence-electron chi connectivity index (χ4n) is 0.760. The number of carboxylic acid groups (broad SMARTS) is 1. The summed E-state index contributed by atoms with van der Waals surface area (Å²) in [6.07, 6.45) is 1.87. The molecule has 66 valence electrons. The predicted molar refractivity (Wildman–Crippen MR) is 50.6 cm³/mol. The molecule has 0 aromatic carbocycles. The Kier molecular flexibility index (Phi) is 3.04. The lowest BCUT2D eigenvalue weighted by Crippen LogP contribution is -2.32. The summed E-state index contributed by atoms with van der Waals surface area (Å²) in [7, 11) is 0. The molecule has 12 heavy (non-hydrogen) atoms. The van der Waals surface area contributed by atoms with Crippen molar-refractivity contribution in [1.29, 1.82) is 0 Å². The van der Waals surface area contributed by atoms with Crippen LogP contribution in [0.3, 0.4) is 0 Å². The van der Waals surface area contributed by atoms with E-state index < -0.39 is 12.0 Å². The number of carboxylic acids is 1. The van der Waals surface area contributed by atoms with Gasteiger partial charge in [-0.25, -0.2) is 4.98 Å². The van der Waals surface area contributed by atoms with Crippen molar-refractivity contribution in [2.24, 2.45) is 5.73 Å². The van der Waals surface area contributed by atoms with Gasteiger partial charge in [-0.2, -0.15) is 0 Å². The van der Waals surface area contributed by atoms with Crippen LogP contribution in [0.1, 0.15) is 5.69 Å². The first-order valence-electron chi connectivity index (χ1n) is 3.27. The molecule has 4 N–H and O–H groups in total. The standard InChI is InChI=1S/C6H8IN3O2/c7-6-9-2-3(10-6)1-4(8)5(11)12/h2,4H,1,8H2,(H,9,10)(H,11,12)/t4-/m1/s1. The summed E-state index contributed by atoms with van der Waals surface area (Å²) in [5, 5.41) is 8.49. The van der Waals surface area contributed by atoms with Crippen LogP contribution in [-0.4, -0.2) is 27.1 Å². The van der Waals surface area contributed by atoms with Gasteiger partial charge in [-0.15, -0.1) is 0 Å². The van der Waals surface area contributed by atoms with Gasteiger partial charge >= 0.3 is 5.97 Å². The molecule has 0 saturated heterocycles. The van der Waals surface area contributed by atoms with Crippen LogP contribution in [0.15, 0.2) is 6.20 Å². The molecule has 1 atom stereocenters. The molecule has 6 heteroatoms. The zero-order valence-corrected chi connectivity index (χ0v) is 8.28. The third kappa shape index (κ3) is 2.45. The number of nitrogens with zero attached hydrogens (tertiary/aromatic N) is 1. The Morgan fingerprint density at radius 3 is 3.00 bits per heavy atom. The van der Waals surface area contributed by atoms with Gasteiger partial charge in [0, 0.05) is 18.3 Å². The lowest BCUT2D eigenvalue weighted by atomic mass is 10.2. The molecule has 0 aliphatic heterocycles. The van der Waals surface area contributed by atoms with Gasteiger partial charge < -0.3 is 15.8 Å². The van der Waals surface area contributed by atoms with Gasteiger partial charge in [0.25, 0.3) is 0 Å². The van der Waals surface area contributed by atoms with Crippen LogP contribution in [0.5, 0.6) is 0 Å². The van der Waals surface area contributed by atoms with E-state index in [0.717, 1.165) is 9.53 Å². The first-order valence-corrected chi connectivity index (χ1v) is 4.35. The number of aromatic nitrogens is 2. The molecule has 0 spiro atoms. The van der Waals surface area contributed by atoms with E-state index in [2.05, 4.69) is 9.97 Å². The number of aliphatic carboxylic acids is 1. The van der Waals surface area contributed by atoms with E-state index in [-0.39, 0.29) is 6.42 Å². The molecule has 0 aliphatic rings. The number of hydrogen-bond acceptors (Lipinski definition) is 3. The van der Waals surface area contributed by atoms with E-state index in [1.807, 2.05) is 22.6 Å². The van der Waals surface area contributed by atoms with Gasteiger partial charge in [0.05, 0.1) is 0 Å². The summed E-state index contributed by atoms with van der Waals surface area (Å²) in [5.41, 5.74) is 6.05. The molecule has 1 rings (SSSR count). The van der Waals surface area contributed by atoms with Crippen LogP contribution in [-0.2, 0) is 11.2 Å². The van der Waals surface area contributed by atoms with E-state index in [9.17, 15) is 4.79 Å². The number of H-pyrrole nitrogens is 1. The van der Waals surface area contributed by atoms with Crippen molar-refractivity contribution in [3.8, 4) is 0 Å². The average molecular weight is 281 g/mol. The SMILES string of the molecule is N[C@H](Cc1cnc(I)[nH]1)C(=O)O. The largest absolute Gasteiger partial charge is 0.480 e. The molecule has 0 radical (unpaired) electrons. The number of hydrogen-bond donors (Lipinski definition) is 3. The summed E-state index contributed by atoms with van der Waals surface area (Å²) in [4.78, 5) is 17.2. The highest BCUT2D eigenvalue weighted by atomic mass is 127. The summed E-state index contributed by atoms with van der Waals surface area (Å²) in [6, 6.07) is -0.860. The molecular weight excluding hydrogens is 273 g/mol. The highest BCUT2D eigenvalue weighted by Crippen LogP contribution is 2.02. The quantitative estimate of drug-likeness (QED) is 0.678. The molecule has 0 amide bonds. The number of halogens is 1. The van der Waals surface area contributed by atoms with Crippen LogP contribution in [0.25, 0.3) is 0 Å². The van der Waals surface area contributed by atoms with Gasteiger partial charge in [-0.05, 0) is 22.6 Å². The van der Waals surface area contributed by atoms with Crippen molar-refractivity contribution in [2.45, 2.75) is 12.5 Å². The molecule has 5 nitrogen and oxygen atoms in total. The first kappa shape index (κ1) is 9.46. The van der Waals surface area contributed by atoms with E-state index in [1.54, 1.807) is 6.20 Å².